The Hall–Kier alpha value is -2.79. The molecular weight excluding hydrogens is 369 g/mol. The van der Waals surface area contributed by atoms with Crippen molar-refractivity contribution in [3.8, 4) is 11.1 Å². The molecule has 3 rings (SSSR count). The Morgan fingerprint density at radius 1 is 1.28 bits per heavy atom. The molecular formula is C24H26FNO3. The molecule has 2 atom stereocenters. The van der Waals surface area contributed by atoms with Gasteiger partial charge in [-0.05, 0) is 42.2 Å². The number of esters is 1. The molecule has 0 bridgehead atoms. The number of aryl methyl sites for hydroxylation is 1. The predicted molar refractivity (Wildman–Crippen MR) is 113 cm³/mol. The SMILES string of the molecule is C=Cc1c(C)nc(C(C)C)c(/C=C/[C@@H]2C[C@@H](O)CC(=O)O2)c1-c1ccc(F)cc1. The van der Waals surface area contributed by atoms with Crippen LogP contribution in [0.4, 0.5) is 4.39 Å². The number of aromatic nitrogens is 1. The Bertz CT molecular complexity index is 948. The summed E-state index contributed by atoms with van der Waals surface area (Å²) in [5.74, 6) is -0.565. The van der Waals surface area contributed by atoms with Crippen molar-refractivity contribution >= 4 is 18.1 Å². The number of aliphatic hydroxyl groups is 1. The highest BCUT2D eigenvalue weighted by molar-refractivity contribution is 5.85. The van der Waals surface area contributed by atoms with E-state index in [0.29, 0.717) is 6.42 Å². The Morgan fingerprint density at radius 2 is 1.97 bits per heavy atom. The van der Waals surface area contributed by atoms with E-state index in [2.05, 4.69) is 20.4 Å². The van der Waals surface area contributed by atoms with Gasteiger partial charge in [-0.2, -0.15) is 0 Å². The van der Waals surface area contributed by atoms with Crippen molar-refractivity contribution < 1.29 is 19.0 Å². The summed E-state index contributed by atoms with van der Waals surface area (Å²) in [6.45, 7) is 10.00. The molecule has 1 N–H and O–H groups in total. The number of hydrogen-bond acceptors (Lipinski definition) is 4. The summed E-state index contributed by atoms with van der Waals surface area (Å²) in [5.41, 5.74) is 5.26. The van der Waals surface area contributed by atoms with Gasteiger partial charge in [0.15, 0.2) is 0 Å². The molecule has 0 aliphatic carbocycles. The number of hydrogen-bond donors (Lipinski definition) is 1. The van der Waals surface area contributed by atoms with E-state index in [9.17, 15) is 14.3 Å². The van der Waals surface area contributed by atoms with Crippen molar-refractivity contribution in [2.24, 2.45) is 0 Å². The maximum absolute atomic E-state index is 13.5. The zero-order valence-electron chi connectivity index (χ0n) is 17.0. The number of ether oxygens (including phenoxy) is 1. The molecule has 1 saturated heterocycles. The molecule has 1 aromatic carbocycles. The van der Waals surface area contributed by atoms with E-state index in [4.69, 9.17) is 9.72 Å². The molecule has 4 nitrogen and oxygen atoms in total. The molecule has 1 aromatic heterocycles. The second-order valence-electron chi connectivity index (χ2n) is 7.63. The number of benzene rings is 1. The molecule has 1 fully saturated rings. The van der Waals surface area contributed by atoms with E-state index in [-0.39, 0.29) is 18.2 Å². The zero-order chi connectivity index (χ0) is 21.1. The van der Waals surface area contributed by atoms with Gasteiger partial charge in [0.05, 0.1) is 18.2 Å². The third kappa shape index (κ3) is 4.62. The van der Waals surface area contributed by atoms with Crippen molar-refractivity contribution in [1.82, 2.24) is 4.98 Å². The lowest BCUT2D eigenvalue weighted by Gasteiger charge is -2.24. The van der Waals surface area contributed by atoms with Crippen LogP contribution in [0.5, 0.6) is 0 Å². The van der Waals surface area contributed by atoms with Crippen LogP contribution in [-0.2, 0) is 9.53 Å². The minimum Gasteiger partial charge on any atom is -0.458 e. The molecule has 5 heteroatoms. The van der Waals surface area contributed by atoms with Crippen molar-refractivity contribution in [2.45, 2.75) is 51.7 Å². The predicted octanol–water partition coefficient (Wildman–Crippen LogP) is 5.04. The quantitative estimate of drug-likeness (QED) is 0.721. The number of carbonyl (C=O) groups is 1. The average molecular weight is 395 g/mol. The van der Waals surface area contributed by atoms with Crippen LogP contribution in [0.2, 0.25) is 0 Å². The van der Waals surface area contributed by atoms with Crippen LogP contribution in [0.15, 0.2) is 36.9 Å². The third-order valence-electron chi connectivity index (χ3n) is 5.04. The van der Waals surface area contributed by atoms with E-state index in [1.54, 1.807) is 24.3 Å². The molecule has 1 aliphatic rings. The molecule has 0 saturated carbocycles. The number of carbonyl (C=O) groups excluding carboxylic acids is 1. The fourth-order valence-electron chi connectivity index (χ4n) is 3.67. The first kappa shape index (κ1) is 20.9. The number of halogens is 1. The molecule has 0 radical (unpaired) electrons. The number of cyclic esters (lactones) is 1. The van der Waals surface area contributed by atoms with Crippen molar-refractivity contribution in [3.05, 3.63) is 65.3 Å². The smallest absolute Gasteiger partial charge is 0.309 e. The molecule has 29 heavy (non-hydrogen) atoms. The van der Waals surface area contributed by atoms with Crippen LogP contribution in [-0.4, -0.2) is 28.3 Å². The fourth-order valence-corrected chi connectivity index (χ4v) is 3.67. The lowest BCUT2D eigenvalue weighted by atomic mass is 9.89. The van der Waals surface area contributed by atoms with Crippen LogP contribution in [0.25, 0.3) is 23.3 Å². The van der Waals surface area contributed by atoms with Crippen LogP contribution >= 0.6 is 0 Å². The van der Waals surface area contributed by atoms with Crippen molar-refractivity contribution in [1.29, 1.82) is 0 Å². The van der Waals surface area contributed by atoms with Gasteiger partial charge in [-0.15, -0.1) is 0 Å². The molecule has 2 aromatic rings. The Morgan fingerprint density at radius 3 is 2.55 bits per heavy atom. The Labute approximate surface area is 170 Å². The molecule has 152 valence electrons. The number of rotatable bonds is 5. The van der Waals surface area contributed by atoms with E-state index >= 15 is 0 Å². The highest BCUT2D eigenvalue weighted by Crippen LogP contribution is 2.36. The van der Waals surface area contributed by atoms with Gasteiger partial charge in [0, 0.05) is 23.2 Å². The average Bonchev–Trinajstić information content (AvgIpc) is 2.66. The normalized spacial score (nSPS) is 19.6. The van der Waals surface area contributed by atoms with Crippen molar-refractivity contribution in [2.75, 3.05) is 0 Å². The van der Waals surface area contributed by atoms with E-state index in [0.717, 1.165) is 33.6 Å². The van der Waals surface area contributed by atoms with Crippen LogP contribution in [0.3, 0.4) is 0 Å². The number of nitrogens with zero attached hydrogens (tertiary/aromatic N) is 1. The lowest BCUT2D eigenvalue weighted by molar-refractivity contribution is -0.156. The first-order chi connectivity index (χ1) is 13.8. The first-order valence-corrected chi connectivity index (χ1v) is 9.78. The van der Waals surface area contributed by atoms with Gasteiger partial charge < -0.3 is 9.84 Å². The summed E-state index contributed by atoms with van der Waals surface area (Å²) in [4.78, 5) is 16.4. The van der Waals surface area contributed by atoms with Crippen molar-refractivity contribution in [3.63, 3.8) is 0 Å². The summed E-state index contributed by atoms with van der Waals surface area (Å²) < 4.78 is 18.9. The number of pyridine rings is 1. The molecule has 2 heterocycles. The summed E-state index contributed by atoms with van der Waals surface area (Å²) >= 11 is 0. The highest BCUT2D eigenvalue weighted by atomic mass is 19.1. The maximum atomic E-state index is 13.5. The van der Waals surface area contributed by atoms with Crippen LogP contribution in [0.1, 0.15) is 55.1 Å². The Balaban J connectivity index is 2.17. The fraction of sp³-hybridized carbons (Fsp3) is 0.333. The van der Waals surface area contributed by atoms with E-state index in [1.165, 1.54) is 12.1 Å². The topological polar surface area (TPSA) is 59.4 Å². The molecule has 0 amide bonds. The second-order valence-corrected chi connectivity index (χ2v) is 7.63. The highest BCUT2D eigenvalue weighted by Gasteiger charge is 2.26. The Kier molecular flexibility index (Phi) is 6.28. The van der Waals surface area contributed by atoms with Gasteiger partial charge in [0.2, 0.25) is 0 Å². The summed E-state index contributed by atoms with van der Waals surface area (Å²) in [5, 5.41) is 9.87. The van der Waals surface area contributed by atoms with Crippen LogP contribution in [0, 0.1) is 12.7 Å². The summed E-state index contributed by atoms with van der Waals surface area (Å²) in [6, 6.07) is 6.34. The van der Waals surface area contributed by atoms with Gasteiger partial charge in [0.25, 0.3) is 0 Å². The molecule has 1 aliphatic heterocycles. The molecule has 0 unspecified atom stereocenters. The second kappa shape index (κ2) is 8.70. The number of aliphatic hydroxyl groups excluding tert-OH is 1. The zero-order valence-corrected chi connectivity index (χ0v) is 17.0. The van der Waals surface area contributed by atoms with Crippen LogP contribution < -0.4 is 0 Å². The standard InChI is InChI=1S/C24H26FNO3/c1-5-20-15(4)26-24(14(2)3)21(23(20)16-6-8-17(25)9-7-16)11-10-19-12-18(27)13-22(28)29-19/h5-11,14,18-19,27H,1,12-13H2,2-4H3/b11-10+/t18-,19-/m1/s1. The first-order valence-electron chi connectivity index (χ1n) is 9.78. The third-order valence-corrected chi connectivity index (χ3v) is 5.04. The maximum Gasteiger partial charge on any atom is 0.309 e. The van der Waals surface area contributed by atoms with Gasteiger partial charge in [-0.3, -0.25) is 9.78 Å². The van der Waals surface area contributed by atoms with Gasteiger partial charge >= 0.3 is 5.97 Å². The van der Waals surface area contributed by atoms with Gasteiger partial charge in [0.1, 0.15) is 11.9 Å². The summed E-state index contributed by atoms with van der Waals surface area (Å²) in [6.07, 6.45) is 4.62. The monoisotopic (exact) mass is 395 g/mol. The van der Waals surface area contributed by atoms with E-state index in [1.807, 2.05) is 13.0 Å². The van der Waals surface area contributed by atoms with E-state index < -0.39 is 18.2 Å². The summed E-state index contributed by atoms with van der Waals surface area (Å²) in [7, 11) is 0. The lowest BCUT2D eigenvalue weighted by Crippen LogP contribution is -2.31. The van der Waals surface area contributed by atoms with Gasteiger partial charge in [-0.25, -0.2) is 4.39 Å². The molecule has 0 spiro atoms. The minimum absolute atomic E-state index is 0.0229. The largest absolute Gasteiger partial charge is 0.458 e. The van der Waals surface area contributed by atoms with Gasteiger partial charge in [-0.1, -0.05) is 44.7 Å². The minimum atomic E-state index is -0.702.